The molecule has 1 N–H and O–H groups in total. The van der Waals surface area contributed by atoms with Crippen LogP contribution < -0.4 is 5.32 Å². The SMILES string of the molecule is CCC1(NC(=O)OC(C)(C)C)COC(C)(C)OC1. The molecule has 1 rings (SSSR count). The molecule has 1 saturated heterocycles. The van der Waals surface area contributed by atoms with Crippen LogP contribution in [0.4, 0.5) is 4.79 Å². The van der Waals surface area contributed by atoms with Crippen molar-refractivity contribution in [1.29, 1.82) is 0 Å². The number of ether oxygens (including phenoxy) is 3. The Morgan fingerprint density at radius 1 is 1.28 bits per heavy atom. The van der Waals surface area contributed by atoms with Crippen molar-refractivity contribution in [3.8, 4) is 0 Å². The van der Waals surface area contributed by atoms with Crippen LogP contribution in [0.3, 0.4) is 0 Å². The summed E-state index contributed by atoms with van der Waals surface area (Å²) < 4.78 is 16.5. The summed E-state index contributed by atoms with van der Waals surface area (Å²) in [6.45, 7) is 12.1. The van der Waals surface area contributed by atoms with Crippen LogP contribution in [0, 0.1) is 0 Å². The molecular weight excluding hydrogens is 234 g/mol. The number of hydrogen-bond donors (Lipinski definition) is 1. The number of carbonyl (C=O) groups excluding carboxylic acids is 1. The summed E-state index contributed by atoms with van der Waals surface area (Å²) in [7, 11) is 0. The summed E-state index contributed by atoms with van der Waals surface area (Å²) in [4.78, 5) is 11.8. The number of alkyl carbamates (subject to hydrolysis) is 1. The molecule has 5 heteroatoms. The molecule has 0 spiro atoms. The number of carbonyl (C=O) groups is 1. The van der Waals surface area contributed by atoms with Crippen LogP contribution in [0.1, 0.15) is 48.0 Å². The Hall–Kier alpha value is -0.810. The summed E-state index contributed by atoms with van der Waals surface area (Å²) in [5.74, 6) is -0.589. The normalized spacial score (nSPS) is 22.3. The van der Waals surface area contributed by atoms with Crippen LogP contribution in [0.15, 0.2) is 0 Å². The van der Waals surface area contributed by atoms with Gasteiger partial charge in [0.2, 0.25) is 0 Å². The van der Waals surface area contributed by atoms with Crippen molar-refractivity contribution in [1.82, 2.24) is 5.32 Å². The Balaban J connectivity index is 2.60. The van der Waals surface area contributed by atoms with Crippen LogP contribution in [0.25, 0.3) is 0 Å². The average molecular weight is 259 g/mol. The molecule has 0 aromatic carbocycles. The molecule has 0 bridgehead atoms. The van der Waals surface area contributed by atoms with Crippen molar-refractivity contribution in [2.24, 2.45) is 0 Å². The van der Waals surface area contributed by atoms with E-state index in [1.165, 1.54) is 0 Å². The number of nitrogens with one attached hydrogen (secondary N) is 1. The van der Waals surface area contributed by atoms with Crippen LogP contribution >= 0.6 is 0 Å². The first-order valence-corrected chi connectivity index (χ1v) is 6.37. The molecule has 1 fully saturated rings. The highest BCUT2D eigenvalue weighted by molar-refractivity contribution is 5.68. The van der Waals surface area contributed by atoms with Gasteiger partial charge in [-0.3, -0.25) is 0 Å². The van der Waals surface area contributed by atoms with Crippen molar-refractivity contribution >= 4 is 6.09 Å². The fourth-order valence-corrected chi connectivity index (χ4v) is 1.59. The quantitative estimate of drug-likeness (QED) is 0.827. The predicted octanol–water partition coefficient (Wildman–Crippen LogP) is 2.44. The van der Waals surface area contributed by atoms with Crippen molar-refractivity contribution < 1.29 is 19.0 Å². The van der Waals surface area contributed by atoms with Gasteiger partial charge in [-0.2, -0.15) is 0 Å². The molecule has 0 radical (unpaired) electrons. The van der Waals surface area contributed by atoms with Gasteiger partial charge in [-0.05, 0) is 41.0 Å². The zero-order valence-corrected chi connectivity index (χ0v) is 12.3. The molecule has 106 valence electrons. The van der Waals surface area contributed by atoms with Crippen LogP contribution in [-0.4, -0.2) is 36.2 Å². The maximum Gasteiger partial charge on any atom is 0.408 e. The zero-order valence-electron chi connectivity index (χ0n) is 12.3. The van der Waals surface area contributed by atoms with E-state index < -0.39 is 23.0 Å². The van der Waals surface area contributed by atoms with Gasteiger partial charge in [0.1, 0.15) is 5.60 Å². The molecule has 0 saturated carbocycles. The maximum absolute atomic E-state index is 11.8. The lowest BCUT2D eigenvalue weighted by atomic mass is 9.97. The third-order valence-corrected chi connectivity index (χ3v) is 2.84. The van der Waals surface area contributed by atoms with Crippen molar-refractivity contribution in [3.05, 3.63) is 0 Å². The first kappa shape index (κ1) is 15.2. The third-order valence-electron chi connectivity index (χ3n) is 2.84. The monoisotopic (exact) mass is 259 g/mol. The lowest BCUT2D eigenvalue weighted by Gasteiger charge is -2.43. The molecular formula is C13H25NO4. The number of amides is 1. The fraction of sp³-hybridized carbons (Fsp3) is 0.923. The molecule has 5 nitrogen and oxygen atoms in total. The van der Waals surface area contributed by atoms with Gasteiger partial charge in [-0.25, -0.2) is 4.79 Å². The molecule has 18 heavy (non-hydrogen) atoms. The van der Waals surface area contributed by atoms with Crippen molar-refractivity contribution in [2.75, 3.05) is 13.2 Å². The number of hydrogen-bond acceptors (Lipinski definition) is 4. The maximum atomic E-state index is 11.8. The second-order valence-electron chi connectivity index (χ2n) is 6.24. The first-order valence-electron chi connectivity index (χ1n) is 6.37. The molecule has 1 heterocycles. The van der Waals surface area contributed by atoms with Gasteiger partial charge in [0, 0.05) is 0 Å². The summed E-state index contributed by atoms with van der Waals surface area (Å²) in [5, 5.41) is 2.87. The van der Waals surface area contributed by atoms with Gasteiger partial charge in [-0.15, -0.1) is 0 Å². The highest BCUT2D eigenvalue weighted by Gasteiger charge is 2.40. The highest BCUT2D eigenvalue weighted by Crippen LogP contribution is 2.26. The Kier molecular flexibility index (Phi) is 4.28. The molecule has 0 unspecified atom stereocenters. The Bertz CT molecular complexity index is 297. The predicted molar refractivity (Wildman–Crippen MR) is 68.4 cm³/mol. The summed E-state index contributed by atoms with van der Waals surface area (Å²) in [6.07, 6.45) is 0.291. The second kappa shape index (κ2) is 5.05. The van der Waals surface area contributed by atoms with Gasteiger partial charge in [0.15, 0.2) is 5.79 Å². The van der Waals surface area contributed by atoms with E-state index in [0.29, 0.717) is 13.2 Å². The summed E-state index contributed by atoms with van der Waals surface area (Å²) >= 11 is 0. The molecule has 1 aliphatic heterocycles. The van der Waals surface area contributed by atoms with E-state index in [9.17, 15) is 4.79 Å². The van der Waals surface area contributed by atoms with Crippen LogP contribution in [0.2, 0.25) is 0 Å². The Morgan fingerprint density at radius 2 is 1.78 bits per heavy atom. The topological polar surface area (TPSA) is 56.8 Å². The van der Waals surface area contributed by atoms with Crippen LogP contribution in [-0.2, 0) is 14.2 Å². The van der Waals surface area contributed by atoms with Gasteiger partial charge in [0.25, 0.3) is 0 Å². The minimum atomic E-state index is -0.589. The van der Waals surface area contributed by atoms with Gasteiger partial charge in [-0.1, -0.05) is 6.92 Å². The van der Waals surface area contributed by atoms with E-state index in [0.717, 1.165) is 6.42 Å². The lowest BCUT2D eigenvalue weighted by Crippen LogP contribution is -2.61. The molecule has 0 atom stereocenters. The minimum absolute atomic E-state index is 0.426. The average Bonchev–Trinajstić information content (AvgIpc) is 2.19. The van der Waals surface area contributed by atoms with E-state index in [2.05, 4.69) is 5.32 Å². The highest BCUT2D eigenvalue weighted by atomic mass is 16.7. The van der Waals surface area contributed by atoms with E-state index in [4.69, 9.17) is 14.2 Å². The van der Waals surface area contributed by atoms with Gasteiger partial charge < -0.3 is 19.5 Å². The standard InChI is InChI=1S/C13H25NO4/c1-7-13(8-16-12(5,6)17-9-13)14-10(15)18-11(2,3)4/h7-9H2,1-6H3,(H,14,15). The summed E-state index contributed by atoms with van der Waals surface area (Å²) in [5.41, 5.74) is -1.01. The van der Waals surface area contributed by atoms with Gasteiger partial charge in [0.05, 0.1) is 18.8 Å². The van der Waals surface area contributed by atoms with Crippen molar-refractivity contribution in [2.45, 2.75) is 64.9 Å². The fourth-order valence-electron chi connectivity index (χ4n) is 1.59. The molecule has 1 amide bonds. The van der Waals surface area contributed by atoms with E-state index in [-0.39, 0.29) is 0 Å². The molecule has 0 aromatic rings. The molecule has 0 aliphatic carbocycles. The van der Waals surface area contributed by atoms with E-state index in [1.807, 2.05) is 41.5 Å². The van der Waals surface area contributed by atoms with E-state index >= 15 is 0 Å². The Labute approximate surface area is 109 Å². The summed E-state index contributed by atoms with van der Waals surface area (Å²) in [6, 6.07) is 0. The van der Waals surface area contributed by atoms with Gasteiger partial charge >= 0.3 is 6.09 Å². The zero-order chi connectivity index (χ0) is 14.0. The minimum Gasteiger partial charge on any atom is -0.444 e. The largest absolute Gasteiger partial charge is 0.444 e. The van der Waals surface area contributed by atoms with Crippen LogP contribution in [0.5, 0.6) is 0 Å². The lowest BCUT2D eigenvalue weighted by molar-refractivity contribution is -0.270. The molecule has 0 aromatic heterocycles. The second-order valence-corrected chi connectivity index (χ2v) is 6.24. The molecule has 1 aliphatic rings. The van der Waals surface area contributed by atoms with Crippen molar-refractivity contribution in [3.63, 3.8) is 0 Å². The first-order chi connectivity index (χ1) is 8.08. The number of rotatable bonds is 2. The smallest absolute Gasteiger partial charge is 0.408 e. The Morgan fingerprint density at radius 3 is 2.17 bits per heavy atom. The van der Waals surface area contributed by atoms with E-state index in [1.54, 1.807) is 0 Å². The third kappa shape index (κ3) is 4.46.